The third kappa shape index (κ3) is 2.73. The van der Waals surface area contributed by atoms with Gasteiger partial charge in [-0.25, -0.2) is 4.79 Å². The van der Waals surface area contributed by atoms with Crippen molar-refractivity contribution >= 4 is 46.8 Å². The Kier molecular flexibility index (Phi) is 4.49. The fraction of sp³-hybridized carbons (Fsp3) is 0.333. The molecule has 0 radical (unpaired) electrons. The molecule has 0 aliphatic carbocycles. The molecule has 2 aliphatic heterocycles. The highest BCUT2D eigenvalue weighted by atomic mass is 32.2. The Labute approximate surface area is 143 Å². The van der Waals surface area contributed by atoms with Crippen LogP contribution in [0.15, 0.2) is 22.3 Å². The van der Waals surface area contributed by atoms with E-state index in [-0.39, 0.29) is 17.1 Å². The molecule has 0 aromatic carbocycles. The molecule has 3 rings (SSSR count). The average Bonchev–Trinajstić information content (AvgIpc) is 3.10. The number of aliphatic carboxylic acids is 1. The van der Waals surface area contributed by atoms with Gasteiger partial charge in [0.05, 0.1) is 0 Å². The van der Waals surface area contributed by atoms with Gasteiger partial charge in [0.1, 0.15) is 29.9 Å². The van der Waals surface area contributed by atoms with Crippen LogP contribution in [0.3, 0.4) is 0 Å². The van der Waals surface area contributed by atoms with Gasteiger partial charge < -0.3 is 15.3 Å². The summed E-state index contributed by atoms with van der Waals surface area (Å²) in [5.74, 6) is -1.86. The number of nitrogens with zero attached hydrogens (tertiary/aromatic N) is 4. The highest BCUT2D eigenvalue weighted by Gasteiger charge is 2.53. The van der Waals surface area contributed by atoms with Crippen molar-refractivity contribution in [1.29, 1.82) is 0 Å². The van der Waals surface area contributed by atoms with Crippen molar-refractivity contribution in [3.8, 4) is 0 Å². The van der Waals surface area contributed by atoms with Crippen LogP contribution >= 0.6 is 23.3 Å². The van der Waals surface area contributed by atoms with Crippen LogP contribution in [0.5, 0.6) is 0 Å². The van der Waals surface area contributed by atoms with E-state index >= 15 is 0 Å². The third-order valence-electron chi connectivity index (χ3n) is 3.35. The van der Waals surface area contributed by atoms with E-state index in [4.69, 9.17) is 5.11 Å². The molecule has 1 saturated heterocycles. The van der Waals surface area contributed by atoms with Crippen LogP contribution in [0.2, 0.25) is 0 Å². The number of carbonyl (C=O) groups excluding carboxylic acids is 2. The molecule has 2 amide bonds. The van der Waals surface area contributed by atoms with Gasteiger partial charge in [-0.15, -0.1) is 16.9 Å². The van der Waals surface area contributed by atoms with Gasteiger partial charge in [0.15, 0.2) is 5.71 Å². The van der Waals surface area contributed by atoms with Gasteiger partial charge in [-0.1, -0.05) is 9.64 Å². The van der Waals surface area contributed by atoms with Crippen molar-refractivity contribution in [3.05, 3.63) is 22.8 Å². The molecule has 0 bridgehead atoms. The number of nitrogens with one attached hydrogen (secondary N) is 1. The molecule has 24 heavy (non-hydrogen) atoms. The summed E-state index contributed by atoms with van der Waals surface area (Å²) in [6, 6.07) is -0.834. The van der Waals surface area contributed by atoms with Gasteiger partial charge in [-0.2, -0.15) is 0 Å². The fourth-order valence-electron chi connectivity index (χ4n) is 2.31. The summed E-state index contributed by atoms with van der Waals surface area (Å²) in [7, 11) is 1.28. The van der Waals surface area contributed by atoms with Gasteiger partial charge in [0.25, 0.3) is 11.8 Å². The number of β-lactam (4-membered cyclic amide) rings is 1. The maximum atomic E-state index is 12.4. The molecule has 2 N–H and O–H groups in total. The van der Waals surface area contributed by atoms with Crippen LogP contribution in [0.25, 0.3) is 0 Å². The van der Waals surface area contributed by atoms with E-state index in [1.807, 2.05) is 0 Å². The molecule has 3 heterocycles. The number of carboxylic acids is 1. The van der Waals surface area contributed by atoms with E-state index in [1.165, 1.54) is 35.2 Å². The Morgan fingerprint density at radius 1 is 1.54 bits per heavy atom. The van der Waals surface area contributed by atoms with E-state index in [2.05, 4.69) is 24.9 Å². The minimum Gasteiger partial charge on any atom is -0.477 e. The smallest absolute Gasteiger partial charge is 0.352 e. The first-order valence-electron chi connectivity index (χ1n) is 6.62. The summed E-state index contributed by atoms with van der Waals surface area (Å²) >= 11 is 2.41. The molecule has 1 fully saturated rings. The van der Waals surface area contributed by atoms with Crippen LogP contribution in [-0.2, 0) is 19.2 Å². The minimum atomic E-state index is -1.17. The van der Waals surface area contributed by atoms with E-state index in [1.54, 1.807) is 0 Å². The SMILES string of the molecule is CO/N=C(/C(=O)NC1C(=O)N2C(C(=O)O)=CCSC12)c1csnn1. The highest BCUT2D eigenvalue weighted by molar-refractivity contribution is 8.00. The van der Waals surface area contributed by atoms with E-state index in [9.17, 15) is 14.4 Å². The molecule has 0 saturated carbocycles. The van der Waals surface area contributed by atoms with E-state index in [0.29, 0.717) is 5.75 Å². The molecule has 1 aromatic rings. The normalized spacial score (nSPS) is 23.0. The Morgan fingerprint density at radius 2 is 2.33 bits per heavy atom. The zero-order valence-corrected chi connectivity index (χ0v) is 13.8. The number of rotatable bonds is 5. The zero-order valence-electron chi connectivity index (χ0n) is 12.2. The lowest BCUT2D eigenvalue weighted by Gasteiger charge is -2.48. The quantitative estimate of drug-likeness (QED) is 0.394. The molecule has 1 aromatic heterocycles. The second-order valence-corrected chi connectivity index (χ2v) is 6.45. The predicted molar refractivity (Wildman–Crippen MR) is 84.2 cm³/mol. The summed E-state index contributed by atoms with van der Waals surface area (Å²) in [6.45, 7) is 0. The maximum absolute atomic E-state index is 12.4. The number of amides is 2. The second kappa shape index (κ2) is 6.57. The number of aromatic nitrogens is 2. The summed E-state index contributed by atoms with van der Waals surface area (Å²) in [4.78, 5) is 41.5. The number of thioether (sulfide) groups is 1. The number of carboxylic acid groups (broad SMARTS) is 1. The highest BCUT2D eigenvalue weighted by Crippen LogP contribution is 2.37. The summed E-state index contributed by atoms with van der Waals surface area (Å²) in [5, 5.41) is 20.1. The number of hydrogen-bond acceptors (Lipinski definition) is 9. The lowest BCUT2D eigenvalue weighted by Crippen LogP contribution is -2.70. The fourth-order valence-corrected chi connectivity index (χ4v) is 3.95. The van der Waals surface area contributed by atoms with Crippen LogP contribution in [0.4, 0.5) is 0 Å². The van der Waals surface area contributed by atoms with Crippen molar-refractivity contribution in [3.63, 3.8) is 0 Å². The topological polar surface area (TPSA) is 134 Å². The Morgan fingerprint density at radius 3 is 2.96 bits per heavy atom. The Bertz CT molecular complexity index is 747. The molecular formula is C12H11N5O5S2. The molecule has 12 heteroatoms. The number of oxime groups is 1. The second-order valence-electron chi connectivity index (χ2n) is 4.69. The third-order valence-corrected chi connectivity index (χ3v) is 5.04. The lowest BCUT2D eigenvalue weighted by molar-refractivity contribution is -0.150. The predicted octanol–water partition coefficient (Wildman–Crippen LogP) is -0.743. The first-order valence-corrected chi connectivity index (χ1v) is 8.50. The van der Waals surface area contributed by atoms with E-state index < -0.39 is 29.2 Å². The summed E-state index contributed by atoms with van der Waals surface area (Å²) in [5.41, 5.74) is 0.0569. The van der Waals surface area contributed by atoms with Crippen LogP contribution in [0.1, 0.15) is 5.69 Å². The van der Waals surface area contributed by atoms with Crippen LogP contribution < -0.4 is 5.32 Å². The van der Waals surface area contributed by atoms with Crippen molar-refractivity contribution in [2.24, 2.45) is 5.16 Å². The van der Waals surface area contributed by atoms with Gasteiger partial charge >= 0.3 is 5.97 Å². The maximum Gasteiger partial charge on any atom is 0.352 e. The van der Waals surface area contributed by atoms with Crippen molar-refractivity contribution in [2.75, 3.05) is 12.9 Å². The van der Waals surface area contributed by atoms with Gasteiger partial charge in [0, 0.05) is 11.1 Å². The first-order chi connectivity index (χ1) is 11.5. The first kappa shape index (κ1) is 16.4. The largest absolute Gasteiger partial charge is 0.477 e. The van der Waals surface area contributed by atoms with Crippen molar-refractivity contribution in [2.45, 2.75) is 11.4 Å². The van der Waals surface area contributed by atoms with Crippen LogP contribution in [-0.4, -0.2) is 67.4 Å². The number of carbonyl (C=O) groups is 3. The molecule has 0 spiro atoms. The summed E-state index contributed by atoms with van der Waals surface area (Å²) in [6.07, 6.45) is 1.47. The molecule has 2 atom stereocenters. The monoisotopic (exact) mass is 369 g/mol. The molecule has 2 aliphatic rings. The number of hydrogen-bond donors (Lipinski definition) is 2. The average molecular weight is 369 g/mol. The lowest BCUT2D eigenvalue weighted by atomic mass is 10.0. The molecular weight excluding hydrogens is 358 g/mol. The van der Waals surface area contributed by atoms with Crippen molar-refractivity contribution < 1.29 is 24.3 Å². The molecule has 2 unspecified atom stereocenters. The summed E-state index contributed by atoms with van der Waals surface area (Å²) < 4.78 is 3.65. The van der Waals surface area contributed by atoms with Crippen LogP contribution in [0, 0.1) is 0 Å². The van der Waals surface area contributed by atoms with Gasteiger partial charge in [0.2, 0.25) is 0 Å². The standard InChI is InChI=1S/C12H11N5O5S2/c1-22-15-7(5-4-24-16-14-5)9(18)13-8-10(19)17-6(12(20)21)2-3-23-11(8)17/h2,4,8,11H,3H2,1H3,(H,13,18)(H,20,21)/b15-7+. The van der Waals surface area contributed by atoms with Crippen molar-refractivity contribution in [1.82, 2.24) is 19.8 Å². The number of fused-ring (bicyclic) bond motifs is 1. The van der Waals surface area contributed by atoms with Gasteiger partial charge in [-0.3, -0.25) is 14.5 Å². The minimum absolute atomic E-state index is 0.0660. The zero-order chi connectivity index (χ0) is 17.3. The Balaban J connectivity index is 1.74. The van der Waals surface area contributed by atoms with E-state index in [0.717, 1.165) is 11.5 Å². The Hall–Kier alpha value is -2.47. The van der Waals surface area contributed by atoms with Gasteiger partial charge in [-0.05, 0) is 17.6 Å². The molecule has 10 nitrogen and oxygen atoms in total. The molecule has 126 valence electrons.